The van der Waals surface area contributed by atoms with Crippen LogP contribution in [-0.4, -0.2) is 75.1 Å². The summed E-state index contributed by atoms with van der Waals surface area (Å²) in [5.41, 5.74) is 4.44. The van der Waals surface area contributed by atoms with E-state index in [0.29, 0.717) is 13.1 Å². The maximum atomic E-state index is 14.2. The predicted octanol–water partition coefficient (Wildman–Crippen LogP) is 4.73. The van der Waals surface area contributed by atoms with Gasteiger partial charge in [0, 0.05) is 38.3 Å². The van der Waals surface area contributed by atoms with Gasteiger partial charge in [0.2, 0.25) is 11.8 Å². The number of nitrogens with one attached hydrogen (secondary N) is 1. The number of nitrogens with zero attached hydrogens (tertiary/aromatic N) is 5. The number of hydrazine groups is 1. The Kier molecular flexibility index (Phi) is 9.60. The number of urea groups is 1. The minimum atomic E-state index is -0.852. The highest BCUT2D eigenvalue weighted by Gasteiger charge is 2.50. The lowest BCUT2D eigenvalue weighted by atomic mass is 9.98. The third-order valence-electron chi connectivity index (χ3n) is 8.53. The van der Waals surface area contributed by atoms with E-state index >= 15 is 0 Å². The first-order chi connectivity index (χ1) is 22.8. The number of phenols is 1. The van der Waals surface area contributed by atoms with Crippen LogP contribution in [0, 0.1) is 0 Å². The van der Waals surface area contributed by atoms with Crippen LogP contribution in [0.5, 0.6) is 5.75 Å². The third-order valence-corrected chi connectivity index (χ3v) is 8.84. The molecule has 2 aliphatic heterocycles. The fourth-order valence-electron chi connectivity index (χ4n) is 6.22. The molecule has 4 aromatic rings. The molecule has 4 amide bonds. The van der Waals surface area contributed by atoms with Crippen molar-refractivity contribution >= 4 is 35.3 Å². The second-order valence-corrected chi connectivity index (χ2v) is 12.3. The number of carbonyl (C=O) groups excluding carboxylic acids is 3. The van der Waals surface area contributed by atoms with E-state index < -0.39 is 12.2 Å². The Morgan fingerprint density at radius 1 is 0.872 bits per heavy atom. The van der Waals surface area contributed by atoms with E-state index in [-0.39, 0.29) is 49.7 Å². The van der Waals surface area contributed by atoms with E-state index in [2.05, 4.69) is 5.32 Å². The van der Waals surface area contributed by atoms with Crippen molar-refractivity contribution < 1.29 is 19.5 Å². The standard InChI is InChI=1S/C36H37ClN6O4/c1-39-25-34(45)42-32(20-26-15-17-31(44)18-16-26)35(46)40(24-33(42)43(39)36(47)38-21-27-9-4-2-5-10-27)22-29-13-8-14-30(19-29)41(37)23-28-11-6-3-7-12-28/h2-19,32-33,44H,20-25H2,1H3,(H,38,47)/t32-,33-/m0/s1. The molecule has 11 heteroatoms. The molecule has 47 heavy (non-hydrogen) atoms. The first-order valence-electron chi connectivity index (χ1n) is 15.5. The maximum Gasteiger partial charge on any atom is 0.334 e. The van der Waals surface area contributed by atoms with Crippen molar-refractivity contribution in [1.82, 2.24) is 25.1 Å². The van der Waals surface area contributed by atoms with Gasteiger partial charge in [-0.3, -0.25) is 14.0 Å². The molecule has 6 rings (SSSR count). The van der Waals surface area contributed by atoms with Crippen molar-refractivity contribution in [3.05, 3.63) is 131 Å². The van der Waals surface area contributed by atoms with Gasteiger partial charge >= 0.3 is 6.03 Å². The van der Waals surface area contributed by atoms with Crippen molar-refractivity contribution in [3.8, 4) is 5.75 Å². The van der Waals surface area contributed by atoms with E-state index in [9.17, 15) is 19.5 Å². The Balaban J connectivity index is 1.28. The van der Waals surface area contributed by atoms with Gasteiger partial charge in [0.15, 0.2) is 0 Å². The summed E-state index contributed by atoms with van der Waals surface area (Å²) in [5, 5.41) is 16.0. The highest BCUT2D eigenvalue weighted by Crippen LogP contribution is 2.30. The Hall–Kier alpha value is -5.06. The molecule has 2 heterocycles. The summed E-state index contributed by atoms with van der Waals surface area (Å²) in [6, 6.07) is 32.6. The average molecular weight is 653 g/mol. The van der Waals surface area contributed by atoms with Crippen LogP contribution in [0.3, 0.4) is 0 Å². The molecular weight excluding hydrogens is 616 g/mol. The largest absolute Gasteiger partial charge is 0.508 e. The Bertz CT molecular complexity index is 1710. The summed E-state index contributed by atoms with van der Waals surface area (Å²) in [4.78, 5) is 44.9. The average Bonchev–Trinajstić information content (AvgIpc) is 3.07. The molecule has 0 spiro atoms. The Morgan fingerprint density at radius 2 is 1.53 bits per heavy atom. The molecule has 0 aromatic heterocycles. The third kappa shape index (κ3) is 7.34. The normalized spacial score (nSPS) is 18.2. The second-order valence-electron chi connectivity index (χ2n) is 11.9. The van der Waals surface area contributed by atoms with Gasteiger partial charge < -0.3 is 20.2 Å². The van der Waals surface area contributed by atoms with Crippen molar-refractivity contribution in [3.63, 3.8) is 0 Å². The lowest BCUT2D eigenvalue weighted by Gasteiger charge is -2.54. The first-order valence-corrected chi connectivity index (χ1v) is 15.9. The van der Waals surface area contributed by atoms with Crippen LogP contribution >= 0.6 is 11.8 Å². The fourth-order valence-corrected chi connectivity index (χ4v) is 6.46. The Labute approximate surface area is 279 Å². The topological polar surface area (TPSA) is 99.7 Å². The van der Waals surface area contributed by atoms with Crippen LogP contribution in [0.2, 0.25) is 0 Å². The lowest BCUT2D eigenvalue weighted by molar-refractivity contribution is -0.187. The summed E-state index contributed by atoms with van der Waals surface area (Å²) < 4.78 is 1.64. The molecule has 0 unspecified atom stereocenters. The summed E-state index contributed by atoms with van der Waals surface area (Å²) in [6.07, 6.45) is -0.504. The molecule has 0 aliphatic carbocycles. The molecule has 2 saturated heterocycles. The summed E-state index contributed by atoms with van der Waals surface area (Å²) in [6.45, 7) is 1.15. The van der Waals surface area contributed by atoms with Crippen LogP contribution in [-0.2, 0) is 35.6 Å². The molecule has 0 radical (unpaired) electrons. The van der Waals surface area contributed by atoms with Crippen molar-refractivity contribution in [2.75, 3.05) is 24.6 Å². The zero-order valence-corrected chi connectivity index (χ0v) is 26.8. The highest BCUT2D eigenvalue weighted by molar-refractivity contribution is 6.25. The zero-order chi connectivity index (χ0) is 32.9. The van der Waals surface area contributed by atoms with Gasteiger partial charge in [-0.2, -0.15) is 0 Å². The van der Waals surface area contributed by atoms with Gasteiger partial charge in [-0.05, 0) is 46.5 Å². The number of carbonyl (C=O) groups is 3. The molecule has 2 N–H and O–H groups in total. The summed E-state index contributed by atoms with van der Waals surface area (Å²) in [7, 11) is 1.71. The molecule has 0 saturated carbocycles. The van der Waals surface area contributed by atoms with Gasteiger partial charge in [-0.1, -0.05) is 84.9 Å². The molecule has 10 nitrogen and oxygen atoms in total. The zero-order valence-electron chi connectivity index (χ0n) is 26.1. The lowest BCUT2D eigenvalue weighted by Crippen LogP contribution is -2.76. The summed E-state index contributed by atoms with van der Waals surface area (Å²) >= 11 is 6.69. The number of anilines is 1. The minimum Gasteiger partial charge on any atom is -0.508 e. The monoisotopic (exact) mass is 652 g/mol. The Morgan fingerprint density at radius 3 is 2.23 bits per heavy atom. The van der Waals surface area contributed by atoms with Crippen molar-refractivity contribution in [1.29, 1.82) is 0 Å². The summed E-state index contributed by atoms with van der Waals surface area (Å²) in [5.74, 6) is -0.336. The number of likely N-dealkylation sites (N-methyl/N-ethyl adjacent to an activating group) is 1. The smallest absolute Gasteiger partial charge is 0.334 e. The second kappa shape index (κ2) is 14.1. The van der Waals surface area contributed by atoms with Gasteiger partial charge in [0.05, 0.1) is 25.3 Å². The van der Waals surface area contributed by atoms with Crippen LogP contribution in [0.1, 0.15) is 22.3 Å². The van der Waals surface area contributed by atoms with E-state index in [1.807, 2.05) is 84.9 Å². The van der Waals surface area contributed by atoms with Crippen LogP contribution in [0.25, 0.3) is 0 Å². The fraction of sp³-hybridized carbons (Fsp3) is 0.250. The van der Waals surface area contributed by atoms with E-state index in [1.54, 1.807) is 55.5 Å². The van der Waals surface area contributed by atoms with E-state index in [1.165, 1.54) is 0 Å². The van der Waals surface area contributed by atoms with Gasteiger partial charge in [-0.15, -0.1) is 0 Å². The van der Waals surface area contributed by atoms with Crippen molar-refractivity contribution in [2.45, 2.75) is 38.3 Å². The van der Waals surface area contributed by atoms with E-state index in [4.69, 9.17) is 11.8 Å². The van der Waals surface area contributed by atoms with Gasteiger partial charge in [0.1, 0.15) is 18.0 Å². The van der Waals surface area contributed by atoms with E-state index in [0.717, 1.165) is 27.9 Å². The predicted molar refractivity (Wildman–Crippen MR) is 180 cm³/mol. The van der Waals surface area contributed by atoms with Gasteiger partial charge in [-0.25, -0.2) is 14.8 Å². The molecule has 0 bridgehead atoms. The number of halogens is 1. The molecule has 242 valence electrons. The van der Waals surface area contributed by atoms with Crippen molar-refractivity contribution in [2.24, 2.45) is 0 Å². The minimum absolute atomic E-state index is 0.0520. The van der Waals surface area contributed by atoms with Crippen LogP contribution in [0.4, 0.5) is 10.5 Å². The van der Waals surface area contributed by atoms with Crippen LogP contribution in [0.15, 0.2) is 109 Å². The number of fused-ring (bicyclic) bond motifs is 1. The SMILES string of the molecule is CN1CC(=O)N2[C@@H](Cc3ccc(O)cc3)C(=O)N(Cc3cccc(N(Cl)Cc4ccccc4)c3)C[C@@H]2N1C(=O)NCc1ccccc1. The molecule has 4 aromatic carbocycles. The van der Waals surface area contributed by atoms with Gasteiger partial charge in [0.25, 0.3) is 0 Å². The molecule has 2 atom stereocenters. The number of hydrogen-bond donors (Lipinski definition) is 2. The number of amides is 4. The quantitative estimate of drug-likeness (QED) is 0.254. The number of aromatic hydroxyl groups is 1. The molecular formula is C36H37ClN6O4. The number of piperazine rings is 1. The number of hydrogen-bond acceptors (Lipinski definition) is 6. The first kappa shape index (κ1) is 31.9. The number of rotatable bonds is 9. The number of benzene rings is 4. The molecule has 2 fully saturated rings. The van der Waals surface area contributed by atoms with Crippen LogP contribution < -0.4 is 9.74 Å². The maximum absolute atomic E-state index is 14.2. The number of phenolic OH excluding ortho intramolecular Hbond substituents is 1. The highest BCUT2D eigenvalue weighted by atomic mass is 35.5. The molecule has 2 aliphatic rings.